The fraction of sp³-hybridized carbons (Fsp3) is 0.364. The lowest BCUT2D eigenvalue weighted by atomic mass is 9.95. The number of amides is 1. The number of carbonyl (C=O) groups excluding carboxylic acids is 1. The van der Waals surface area contributed by atoms with E-state index in [2.05, 4.69) is 11.4 Å². The first kappa shape index (κ1) is 19.6. The van der Waals surface area contributed by atoms with Crippen LogP contribution in [0, 0.1) is 17.2 Å². The van der Waals surface area contributed by atoms with Gasteiger partial charge in [0.1, 0.15) is 11.8 Å². The molecule has 0 unspecified atom stereocenters. The van der Waals surface area contributed by atoms with Gasteiger partial charge in [0.15, 0.2) is 18.1 Å². The first-order valence-corrected chi connectivity index (χ1v) is 9.39. The minimum Gasteiger partial charge on any atom is -0.490 e. The standard InChI is InChI=1S/C22H24N2O4/c1-15(2)22(16-8-9-19-20(12-16)27-11-5-10-26-19)24-21(25)14-28-18-7-4-3-6-17(18)13-23/h3-4,6-9,12,15,22H,5,10-11,14H2,1-2H3,(H,24,25)/t22-/m1/s1. The van der Waals surface area contributed by atoms with Gasteiger partial charge in [-0.1, -0.05) is 32.0 Å². The molecule has 1 aliphatic rings. The smallest absolute Gasteiger partial charge is 0.258 e. The van der Waals surface area contributed by atoms with E-state index in [1.807, 2.05) is 32.0 Å². The average Bonchev–Trinajstić information content (AvgIpc) is 2.95. The molecule has 3 rings (SSSR count). The molecule has 0 aromatic heterocycles. The summed E-state index contributed by atoms with van der Waals surface area (Å²) in [7, 11) is 0. The van der Waals surface area contributed by atoms with Crippen molar-refractivity contribution in [2.45, 2.75) is 26.3 Å². The summed E-state index contributed by atoms with van der Waals surface area (Å²) in [5, 5.41) is 12.1. The fourth-order valence-electron chi connectivity index (χ4n) is 3.05. The lowest BCUT2D eigenvalue weighted by Gasteiger charge is -2.24. The Hall–Kier alpha value is -3.20. The van der Waals surface area contributed by atoms with Gasteiger partial charge in [0.2, 0.25) is 0 Å². The molecule has 1 N–H and O–H groups in total. The van der Waals surface area contributed by atoms with Crippen molar-refractivity contribution in [1.29, 1.82) is 5.26 Å². The molecule has 1 amide bonds. The molecule has 0 spiro atoms. The molecule has 0 fully saturated rings. The SMILES string of the molecule is CC(C)[C@@H](NC(=O)COc1ccccc1C#N)c1ccc2c(c1)OCCCO2. The molecule has 0 aliphatic carbocycles. The van der Waals surface area contributed by atoms with Crippen LogP contribution in [0.3, 0.4) is 0 Å². The van der Waals surface area contributed by atoms with Crippen molar-refractivity contribution in [3.05, 3.63) is 53.6 Å². The zero-order valence-electron chi connectivity index (χ0n) is 16.1. The highest BCUT2D eigenvalue weighted by Crippen LogP contribution is 2.34. The molecule has 0 saturated carbocycles. The van der Waals surface area contributed by atoms with Gasteiger partial charge in [-0.2, -0.15) is 5.26 Å². The summed E-state index contributed by atoms with van der Waals surface area (Å²) in [5.41, 5.74) is 1.35. The average molecular weight is 380 g/mol. The second-order valence-corrected chi connectivity index (χ2v) is 6.94. The maximum atomic E-state index is 12.5. The predicted molar refractivity (Wildman–Crippen MR) is 104 cm³/mol. The van der Waals surface area contributed by atoms with Crippen LogP contribution in [0.15, 0.2) is 42.5 Å². The fourth-order valence-corrected chi connectivity index (χ4v) is 3.05. The molecular formula is C22H24N2O4. The number of hydrogen-bond donors (Lipinski definition) is 1. The van der Waals surface area contributed by atoms with E-state index in [1.54, 1.807) is 24.3 Å². The summed E-state index contributed by atoms with van der Waals surface area (Å²) < 4.78 is 17.0. The molecule has 1 aliphatic heterocycles. The summed E-state index contributed by atoms with van der Waals surface area (Å²) in [6.07, 6.45) is 0.843. The largest absolute Gasteiger partial charge is 0.490 e. The Labute approximate surface area is 165 Å². The maximum absolute atomic E-state index is 12.5. The van der Waals surface area contributed by atoms with Crippen LogP contribution in [0.25, 0.3) is 0 Å². The van der Waals surface area contributed by atoms with Crippen LogP contribution >= 0.6 is 0 Å². The number of fused-ring (bicyclic) bond motifs is 1. The molecule has 2 aromatic rings. The first-order chi connectivity index (χ1) is 13.6. The minimum atomic E-state index is -0.251. The zero-order chi connectivity index (χ0) is 19.9. The summed E-state index contributed by atoms with van der Waals surface area (Å²) in [6.45, 7) is 5.17. The Morgan fingerprint density at radius 2 is 1.93 bits per heavy atom. The number of carbonyl (C=O) groups is 1. The Bertz CT molecular complexity index is 873. The van der Waals surface area contributed by atoms with Crippen LogP contribution in [0.5, 0.6) is 17.2 Å². The number of nitrogens with one attached hydrogen (secondary N) is 1. The van der Waals surface area contributed by atoms with Crippen molar-refractivity contribution >= 4 is 5.91 Å². The first-order valence-electron chi connectivity index (χ1n) is 9.39. The number of nitriles is 1. The van der Waals surface area contributed by atoms with Crippen molar-refractivity contribution in [3.8, 4) is 23.3 Å². The van der Waals surface area contributed by atoms with Crippen molar-refractivity contribution < 1.29 is 19.0 Å². The Morgan fingerprint density at radius 3 is 2.68 bits per heavy atom. The molecule has 2 aromatic carbocycles. The third-order valence-corrected chi connectivity index (χ3v) is 4.48. The van der Waals surface area contributed by atoms with Gasteiger partial charge >= 0.3 is 0 Å². The third-order valence-electron chi connectivity index (χ3n) is 4.48. The number of rotatable bonds is 6. The monoisotopic (exact) mass is 380 g/mol. The quantitative estimate of drug-likeness (QED) is 0.828. The predicted octanol–water partition coefficient (Wildman–Crippen LogP) is 3.61. The number of para-hydroxylation sites is 1. The van der Waals surface area contributed by atoms with Crippen molar-refractivity contribution in [3.63, 3.8) is 0 Å². The molecule has 0 bridgehead atoms. The molecule has 6 heteroatoms. The highest BCUT2D eigenvalue weighted by Gasteiger charge is 2.21. The van der Waals surface area contributed by atoms with Crippen LogP contribution in [0.4, 0.5) is 0 Å². The highest BCUT2D eigenvalue weighted by molar-refractivity contribution is 5.78. The molecule has 6 nitrogen and oxygen atoms in total. The van der Waals surface area contributed by atoms with E-state index < -0.39 is 0 Å². The van der Waals surface area contributed by atoms with Gasteiger partial charge < -0.3 is 19.5 Å². The van der Waals surface area contributed by atoms with Crippen LogP contribution in [0.1, 0.15) is 37.4 Å². The molecule has 28 heavy (non-hydrogen) atoms. The summed E-state index contributed by atoms with van der Waals surface area (Å²) in [6, 6.07) is 14.5. The zero-order valence-corrected chi connectivity index (χ0v) is 16.1. The van der Waals surface area contributed by atoms with Gasteiger partial charge in [-0.05, 0) is 35.7 Å². The second-order valence-electron chi connectivity index (χ2n) is 6.94. The van der Waals surface area contributed by atoms with E-state index in [-0.39, 0.29) is 24.5 Å². The molecule has 0 radical (unpaired) electrons. The summed E-state index contributed by atoms with van der Waals surface area (Å²) in [5.74, 6) is 1.75. The highest BCUT2D eigenvalue weighted by atomic mass is 16.5. The van der Waals surface area contributed by atoms with E-state index in [9.17, 15) is 4.79 Å². The number of benzene rings is 2. The number of nitrogens with zero attached hydrogens (tertiary/aromatic N) is 1. The van der Waals surface area contributed by atoms with E-state index >= 15 is 0 Å². The van der Waals surface area contributed by atoms with Gasteiger partial charge in [0.05, 0.1) is 24.8 Å². The van der Waals surface area contributed by atoms with E-state index in [1.165, 1.54) is 0 Å². The van der Waals surface area contributed by atoms with Gasteiger partial charge in [0, 0.05) is 6.42 Å². The van der Waals surface area contributed by atoms with Crippen LogP contribution < -0.4 is 19.5 Å². The molecule has 1 heterocycles. The lowest BCUT2D eigenvalue weighted by Crippen LogP contribution is -2.35. The van der Waals surface area contributed by atoms with Gasteiger partial charge in [-0.3, -0.25) is 4.79 Å². The van der Waals surface area contributed by atoms with E-state index in [0.717, 1.165) is 17.7 Å². The molecule has 0 saturated heterocycles. The van der Waals surface area contributed by atoms with E-state index in [4.69, 9.17) is 19.5 Å². The Balaban J connectivity index is 1.68. The van der Waals surface area contributed by atoms with Crippen LogP contribution in [-0.4, -0.2) is 25.7 Å². The summed E-state index contributed by atoms with van der Waals surface area (Å²) >= 11 is 0. The van der Waals surface area contributed by atoms with Crippen molar-refractivity contribution in [2.24, 2.45) is 5.92 Å². The minimum absolute atomic E-state index is 0.160. The van der Waals surface area contributed by atoms with Gasteiger partial charge in [-0.15, -0.1) is 0 Å². The third kappa shape index (κ3) is 4.74. The second kappa shape index (κ2) is 9.14. The normalized spacial score (nSPS) is 13.9. The van der Waals surface area contributed by atoms with Gasteiger partial charge in [-0.25, -0.2) is 0 Å². The van der Waals surface area contributed by atoms with Gasteiger partial charge in [0.25, 0.3) is 5.91 Å². The number of hydrogen-bond acceptors (Lipinski definition) is 5. The lowest BCUT2D eigenvalue weighted by molar-refractivity contribution is -0.124. The van der Waals surface area contributed by atoms with Crippen molar-refractivity contribution in [2.75, 3.05) is 19.8 Å². The Morgan fingerprint density at radius 1 is 1.18 bits per heavy atom. The maximum Gasteiger partial charge on any atom is 0.258 e. The van der Waals surface area contributed by atoms with Crippen LogP contribution in [-0.2, 0) is 4.79 Å². The van der Waals surface area contributed by atoms with E-state index in [0.29, 0.717) is 30.3 Å². The molecular weight excluding hydrogens is 356 g/mol. The topological polar surface area (TPSA) is 80.6 Å². The number of ether oxygens (including phenoxy) is 3. The van der Waals surface area contributed by atoms with Crippen molar-refractivity contribution in [1.82, 2.24) is 5.32 Å². The Kier molecular flexibility index (Phi) is 6.38. The molecule has 1 atom stereocenters. The van der Waals surface area contributed by atoms with Crippen LogP contribution in [0.2, 0.25) is 0 Å². The molecule has 146 valence electrons. The summed E-state index contributed by atoms with van der Waals surface area (Å²) in [4.78, 5) is 12.5.